The summed E-state index contributed by atoms with van der Waals surface area (Å²) in [6.45, 7) is 5.87. The number of hydrogen-bond donors (Lipinski definition) is 1. The van der Waals surface area contributed by atoms with Crippen LogP contribution >= 0.6 is 0 Å². The van der Waals surface area contributed by atoms with Crippen LogP contribution in [0.5, 0.6) is 0 Å². The molecule has 0 saturated heterocycles. The van der Waals surface area contributed by atoms with E-state index in [9.17, 15) is 5.11 Å². The molecule has 1 N–H and O–H groups in total. The standard InChI is InChI=1S/C8H15NO/c1-7(8(2)10)9-5-3-4-6-9/h3-4,7-8,10H,5-6H2,1-2H3. The average molecular weight is 141 g/mol. The highest BCUT2D eigenvalue weighted by atomic mass is 16.3. The Morgan fingerprint density at radius 3 is 2.20 bits per heavy atom. The van der Waals surface area contributed by atoms with Crippen molar-refractivity contribution in [2.24, 2.45) is 0 Å². The molecular formula is C8H15NO. The van der Waals surface area contributed by atoms with Crippen molar-refractivity contribution in [1.82, 2.24) is 4.90 Å². The molecule has 0 aromatic heterocycles. The van der Waals surface area contributed by atoms with Crippen molar-refractivity contribution in [3.05, 3.63) is 12.2 Å². The first-order valence-corrected chi connectivity index (χ1v) is 3.79. The summed E-state index contributed by atoms with van der Waals surface area (Å²) in [5, 5.41) is 9.21. The third kappa shape index (κ3) is 1.58. The van der Waals surface area contributed by atoms with Crippen molar-refractivity contribution in [1.29, 1.82) is 0 Å². The van der Waals surface area contributed by atoms with Crippen LogP contribution in [0.4, 0.5) is 0 Å². The smallest absolute Gasteiger partial charge is 0.0664 e. The molecule has 0 amide bonds. The predicted octanol–water partition coefficient (Wildman–Crippen LogP) is 0.627. The molecule has 0 bridgehead atoms. The lowest BCUT2D eigenvalue weighted by molar-refractivity contribution is 0.0888. The van der Waals surface area contributed by atoms with Crippen molar-refractivity contribution >= 4 is 0 Å². The van der Waals surface area contributed by atoms with Gasteiger partial charge in [-0.05, 0) is 13.8 Å². The first-order valence-electron chi connectivity index (χ1n) is 3.79. The van der Waals surface area contributed by atoms with E-state index >= 15 is 0 Å². The highest BCUT2D eigenvalue weighted by Gasteiger charge is 2.17. The normalized spacial score (nSPS) is 25.1. The number of aliphatic hydroxyl groups is 1. The van der Waals surface area contributed by atoms with Gasteiger partial charge in [0, 0.05) is 19.1 Å². The first kappa shape index (κ1) is 7.76. The van der Waals surface area contributed by atoms with Crippen LogP contribution in [-0.2, 0) is 0 Å². The van der Waals surface area contributed by atoms with Gasteiger partial charge in [0.2, 0.25) is 0 Å². The third-order valence-electron chi connectivity index (χ3n) is 2.12. The summed E-state index contributed by atoms with van der Waals surface area (Å²) < 4.78 is 0. The van der Waals surface area contributed by atoms with Gasteiger partial charge in [0.05, 0.1) is 6.10 Å². The van der Waals surface area contributed by atoms with E-state index in [4.69, 9.17) is 0 Å². The van der Waals surface area contributed by atoms with E-state index in [0.717, 1.165) is 13.1 Å². The van der Waals surface area contributed by atoms with Gasteiger partial charge in [-0.3, -0.25) is 4.90 Å². The lowest BCUT2D eigenvalue weighted by Crippen LogP contribution is -2.38. The minimum atomic E-state index is -0.222. The minimum Gasteiger partial charge on any atom is -0.392 e. The highest BCUT2D eigenvalue weighted by molar-refractivity contribution is 4.97. The molecule has 10 heavy (non-hydrogen) atoms. The molecule has 0 radical (unpaired) electrons. The van der Waals surface area contributed by atoms with Crippen LogP contribution < -0.4 is 0 Å². The van der Waals surface area contributed by atoms with Crippen molar-refractivity contribution in [3.8, 4) is 0 Å². The second-order valence-corrected chi connectivity index (χ2v) is 2.91. The van der Waals surface area contributed by atoms with Crippen LogP contribution in [0.3, 0.4) is 0 Å². The van der Waals surface area contributed by atoms with Crippen LogP contribution in [0.25, 0.3) is 0 Å². The van der Waals surface area contributed by atoms with Crippen molar-refractivity contribution in [3.63, 3.8) is 0 Å². The minimum absolute atomic E-state index is 0.222. The van der Waals surface area contributed by atoms with Gasteiger partial charge in [0.25, 0.3) is 0 Å². The molecule has 2 unspecified atom stereocenters. The third-order valence-corrected chi connectivity index (χ3v) is 2.12. The zero-order chi connectivity index (χ0) is 7.56. The molecule has 0 spiro atoms. The molecule has 0 fully saturated rings. The van der Waals surface area contributed by atoms with Crippen LogP contribution in [0.15, 0.2) is 12.2 Å². The fourth-order valence-corrected chi connectivity index (χ4v) is 1.13. The van der Waals surface area contributed by atoms with Crippen LogP contribution in [0.2, 0.25) is 0 Å². The monoisotopic (exact) mass is 141 g/mol. The zero-order valence-corrected chi connectivity index (χ0v) is 6.62. The van der Waals surface area contributed by atoms with E-state index in [1.807, 2.05) is 6.92 Å². The van der Waals surface area contributed by atoms with Gasteiger partial charge in [0.1, 0.15) is 0 Å². The van der Waals surface area contributed by atoms with E-state index in [-0.39, 0.29) is 12.1 Å². The Labute approximate surface area is 62.2 Å². The lowest BCUT2D eigenvalue weighted by atomic mass is 10.2. The van der Waals surface area contributed by atoms with Gasteiger partial charge in [-0.2, -0.15) is 0 Å². The molecule has 1 aliphatic rings. The van der Waals surface area contributed by atoms with E-state index in [1.165, 1.54) is 0 Å². The highest BCUT2D eigenvalue weighted by Crippen LogP contribution is 2.07. The maximum Gasteiger partial charge on any atom is 0.0664 e. The van der Waals surface area contributed by atoms with E-state index < -0.39 is 0 Å². The summed E-state index contributed by atoms with van der Waals surface area (Å²) in [6.07, 6.45) is 4.05. The molecule has 2 atom stereocenters. The summed E-state index contributed by atoms with van der Waals surface area (Å²) in [4.78, 5) is 2.24. The predicted molar refractivity (Wildman–Crippen MR) is 41.9 cm³/mol. The molecule has 1 rings (SSSR count). The lowest BCUT2D eigenvalue weighted by Gasteiger charge is -2.25. The summed E-state index contributed by atoms with van der Waals surface area (Å²) in [6, 6.07) is 0.287. The van der Waals surface area contributed by atoms with E-state index in [0.29, 0.717) is 0 Å². The maximum absolute atomic E-state index is 9.21. The fourth-order valence-electron chi connectivity index (χ4n) is 1.13. The van der Waals surface area contributed by atoms with Crippen LogP contribution in [-0.4, -0.2) is 35.2 Å². The summed E-state index contributed by atoms with van der Waals surface area (Å²) in [5.41, 5.74) is 0. The Morgan fingerprint density at radius 2 is 1.80 bits per heavy atom. The second kappa shape index (κ2) is 3.17. The van der Waals surface area contributed by atoms with E-state index in [1.54, 1.807) is 0 Å². The van der Waals surface area contributed by atoms with E-state index in [2.05, 4.69) is 24.0 Å². The Bertz CT molecular complexity index is 123. The Balaban J connectivity index is 2.34. The summed E-state index contributed by atoms with van der Waals surface area (Å²) in [7, 11) is 0. The van der Waals surface area contributed by atoms with Gasteiger partial charge in [-0.15, -0.1) is 0 Å². The molecule has 0 aliphatic carbocycles. The van der Waals surface area contributed by atoms with Gasteiger partial charge >= 0.3 is 0 Å². The molecular weight excluding hydrogens is 126 g/mol. The van der Waals surface area contributed by atoms with Gasteiger partial charge < -0.3 is 5.11 Å². The largest absolute Gasteiger partial charge is 0.392 e. The number of nitrogens with zero attached hydrogens (tertiary/aromatic N) is 1. The number of rotatable bonds is 2. The average Bonchev–Trinajstić information content (AvgIpc) is 2.36. The van der Waals surface area contributed by atoms with Crippen molar-refractivity contribution in [2.75, 3.05) is 13.1 Å². The Hall–Kier alpha value is -0.340. The van der Waals surface area contributed by atoms with Gasteiger partial charge in [0.15, 0.2) is 0 Å². The molecule has 1 aliphatic heterocycles. The maximum atomic E-state index is 9.21. The molecule has 58 valence electrons. The van der Waals surface area contributed by atoms with Gasteiger partial charge in [-0.1, -0.05) is 12.2 Å². The van der Waals surface area contributed by atoms with Gasteiger partial charge in [-0.25, -0.2) is 0 Å². The number of hydrogen-bond acceptors (Lipinski definition) is 2. The molecule has 0 saturated carbocycles. The topological polar surface area (TPSA) is 23.5 Å². The quantitative estimate of drug-likeness (QED) is 0.570. The SMILES string of the molecule is CC(O)C(C)N1CC=CC1. The summed E-state index contributed by atoms with van der Waals surface area (Å²) >= 11 is 0. The number of aliphatic hydroxyl groups excluding tert-OH is 1. The molecule has 1 heterocycles. The Kier molecular flexibility index (Phi) is 2.46. The summed E-state index contributed by atoms with van der Waals surface area (Å²) in [5.74, 6) is 0. The Morgan fingerprint density at radius 1 is 1.30 bits per heavy atom. The second-order valence-electron chi connectivity index (χ2n) is 2.91. The molecule has 2 heteroatoms. The van der Waals surface area contributed by atoms with Crippen molar-refractivity contribution in [2.45, 2.75) is 26.0 Å². The van der Waals surface area contributed by atoms with Crippen LogP contribution in [0, 0.1) is 0 Å². The first-order chi connectivity index (χ1) is 4.72. The molecule has 2 nitrogen and oxygen atoms in total. The van der Waals surface area contributed by atoms with Crippen molar-refractivity contribution < 1.29 is 5.11 Å². The molecule has 0 aromatic rings. The molecule has 0 aromatic carbocycles. The van der Waals surface area contributed by atoms with Crippen LogP contribution in [0.1, 0.15) is 13.8 Å². The fraction of sp³-hybridized carbons (Fsp3) is 0.750. The zero-order valence-electron chi connectivity index (χ0n) is 6.62.